The molecule has 1 fully saturated rings. The number of likely N-dealkylation sites (tertiary alicyclic amines) is 1. The van der Waals surface area contributed by atoms with E-state index in [2.05, 4.69) is 17.1 Å². The van der Waals surface area contributed by atoms with Crippen molar-refractivity contribution in [2.45, 2.75) is 32.7 Å². The number of benzene rings is 1. The zero-order valence-corrected chi connectivity index (χ0v) is 11.7. The van der Waals surface area contributed by atoms with Crippen LogP contribution in [0.4, 0.5) is 11.4 Å². The van der Waals surface area contributed by atoms with Gasteiger partial charge in [0.1, 0.15) is 0 Å². The molecule has 3 N–H and O–H groups in total. The first kappa shape index (κ1) is 13.9. The lowest BCUT2D eigenvalue weighted by atomic mass is 9.99. The number of carbonyl (C=O) groups is 1. The molecule has 19 heavy (non-hydrogen) atoms. The van der Waals surface area contributed by atoms with Crippen LogP contribution < -0.4 is 11.1 Å². The fourth-order valence-corrected chi connectivity index (χ4v) is 2.59. The minimum Gasteiger partial charge on any atom is -0.397 e. The molecule has 0 aliphatic carbocycles. The van der Waals surface area contributed by atoms with Crippen molar-refractivity contribution >= 4 is 17.3 Å². The van der Waals surface area contributed by atoms with Gasteiger partial charge in [0, 0.05) is 6.54 Å². The minimum atomic E-state index is -0.109. The van der Waals surface area contributed by atoms with Crippen molar-refractivity contribution in [2.24, 2.45) is 5.92 Å². The van der Waals surface area contributed by atoms with Crippen LogP contribution in [-0.2, 0) is 4.79 Å². The Kier molecular flexibility index (Phi) is 4.43. The predicted molar refractivity (Wildman–Crippen MR) is 78.9 cm³/mol. The second kappa shape index (κ2) is 6.06. The first-order valence-electron chi connectivity index (χ1n) is 6.97. The first-order valence-corrected chi connectivity index (χ1v) is 6.97. The molecule has 0 radical (unpaired) electrons. The molecule has 1 aliphatic heterocycles. The van der Waals surface area contributed by atoms with Crippen LogP contribution in [0.3, 0.4) is 0 Å². The summed E-state index contributed by atoms with van der Waals surface area (Å²) < 4.78 is 0. The number of hydrogen-bond donors (Lipinski definition) is 2. The highest BCUT2D eigenvalue weighted by Crippen LogP contribution is 2.20. The van der Waals surface area contributed by atoms with Gasteiger partial charge in [0.05, 0.1) is 17.4 Å². The number of nitrogens with zero attached hydrogens (tertiary/aromatic N) is 1. The molecule has 0 bridgehead atoms. The molecule has 2 unspecified atom stereocenters. The zero-order chi connectivity index (χ0) is 13.8. The Bertz CT molecular complexity index is 447. The molecule has 2 rings (SSSR count). The number of hydrogen-bond acceptors (Lipinski definition) is 3. The molecule has 0 saturated carbocycles. The van der Waals surface area contributed by atoms with Crippen LogP contribution in [0.5, 0.6) is 0 Å². The van der Waals surface area contributed by atoms with Gasteiger partial charge < -0.3 is 11.1 Å². The largest absolute Gasteiger partial charge is 0.397 e. The van der Waals surface area contributed by atoms with E-state index < -0.39 is 0 Å². The van der Waals surface area contributed by atoms with Crippen LogP contribution >= 0.6 is 0 Å². The van der Waals surface area contributed by atoms with E-state index in [-0.39, 0.29) is 11.9 Å². The lowest BCUT2D eigenvalue weighted by molar-refractivity contribution is -0.121. The smallest absolute Gasteiger partial charge is 0.241 e. The summed E-state index contributed by atoms with van der Waals surface area (Å²) >= 11 is 0. The highest BCUT2D eigenvalue weighted by atomic mass is 16.2. The van der Waals surface area contributed by atoms with Crippen molar-refractivity contribution in [1.82, 2.24) is 4.90 Å². The topological polar surface area (TPSA) is 58.4 Å². The van der Waals surface area contributed by atoms with Gasteiger partial charge in [-0.25, -0.2) is 0 Å². The van der Waals surface area contributed by atoms with Gasteiger partial charge >= 0.3 is 0 Å². The normalized spacial score (nSPS) is 21.9. The van der Waals surface area contributed by atoms with E-state index in [1.165, 1.54) is 12.8 Å². The third-order valence-electron chi connectivity index (χ3n) is 3.83. The summed E-state index contributed by atoms with van der Waals surface area (Å²) in [5.74, 6) is 0.692. The summed E-state index contributed by atoms with van der Waals surface area (Å²) in [6, 6.07) is 7.25. The van der Waals surface area contributed by atoms with Gasteiger partial charge in [0.2, 0.25) is 5.91 Å². The summed E-state index contributed by atoms with van der Waals surface area (Å²) in [6.07, 6.45) is 2.43. The number of nitrogen functional groups attached to an aromatic ring is 1. The van der Waals surface area contributed by atoms with E-state index in [9.17, 15) is 4.79 Å². The number of amides is 1. The second-order valence-electron chi connectivity index (χ2n) is 5.49. The molecule has 1 aliphatic rings. The second-order valence-corrected chi connectivity index (χ2v) is 5.49. The lowest BCUT2D eigenvalue weighted by Crippen LogP contribution is -2.46. The summed E-state index contributed by atoms with van der Waals surface area (Å²) in [5, 5.41) is 2.92. The van der Waals surface area contributed by atoms with Crippen molar-refractivity contribution < 1.29 is 4.79 Å². The van der Waals surface area contributed by atoms with Crippen molar-refractivity contribution in [3.8, 4) is 0 Å². The van der Waals surface area contributed by atoms with Crippen LogP contribution in [0.15, 0.2) is 24.3 Å². The van der Waals surface area contributed by atoms with Crippen LogP contribution in [-0.4, -0.2) is 29.9 Å². The van der Waals surface area contributed by atoms with Crippen molar-refractivity contribution in [2.75, 3.05) is 24.1 Å². The van der Waals surface area contributed by atoms with E-state index in [1.807, 2.05) is 25.1 Å². The SMILES string of the molecule is CC1CCCN(C(C)C(=O)Nc2ccccc2N)C1. The molecule has 0 aromatic heterocycles. The number of nitrogens with two attached hydrogens (primary N) is 1. The van der Waals surface area contributed by atoms with E-state index >= 15 is 0 Å². The maximum Gasteiger partial charge on any atom is 0.241 e. The van der Waals surface area contributed by atoms with Gasteiger partial charge in [-0.05, 0) is 44.4 Å². The van der Waals surface area contributed by atoms with Gasteiger partial charge in [0.25, 0.3) is 0 Å². The number of anilines is 2. The molecule has 1 saturated heterocycles. The van der Waals surface area contributed by atoms with Crippen LogP contribution in [0.1, 0.15) is 26.7 Å². The van der Waals surface area contributed by atoms with Crippen molar-refractivity contribution in [3.05, 3.63) is 24.3 Å². The third kappa shape index (κ3) is 3.47. The minimum absolute atomic E-state index is 0.0204. The summed E-state index contributed by atoms with van der Waals surface area (Å²) in [5.41, 5.74) is 7.15. The van der Waals surface area contributed by atoms with Crippen LogP contribution in [0.25, 0.3) is 0 Å². The molecule has 1 heterocycles. The van der Waals surface area contributed by atoms with Gasteiger partial charge in [0.15, 0.2) is 0 Å². The van der Waals surface area contributed by atoms with Crippen LogP contribution in [0, 0.1) is 5.92 Å². The average Bonchev–Trinajstić information content (AvgIpc) is 2.40. The van der Waals surface area contributed by atoms with Crippen LogP contribution in [0.2, 0.25) is 0 Å². The molecule has 4 nitrogen and oxygen atoms in total. The Morgan fingerprint density at radius 3 is 2.89 bits per heavy atom. The highest BCUT2D eigenvalue weighted by Gasteiger charge is 2.25. The van der Waals surface area contributed by atoms with Gasteiger partial charge in [-0.3, -0.25) is 9.69 Å². The predicted octanol–water partition coefficient (Wildman–Crippen LogP) is 2.33. The molecule has 104 valence electrons. The van der Waals surface area contributed by atoms with E-state index in [4.69, 9.17) is 5.73 Å². The fraction of sp³-hybridized carbons (Fsp3) is 0.533. The first-order chi connectivity index (χ1) is 9.08. The summed E-state index contributed by atoms with van der Waals surface area (Å²) in [6.45, 7) is 6.21. The summed E-state index contributed by atoms with van der Waals surface area (Å²) in [7, 11) is 0. The molecule has 4 heteroatoms. The van der Waals surface area contributed by atoms with Crippen molar-refractivity contribution in [1.29, 1.82) is 0 Å². The number of rotatable bonds is 3. The maximum absolute atomic E-state index is 12.3. The van der Waals surface area contributed by atoms with E-state index in [0.29, 0.717) is 17.3 Å². The molecular formula is C15H23N3O. The average molecular weight is 261 g/mol. The summed E-state index contributed by atoms with van der Waals surface area (Å²) in [4.78, 5) is 14.5. The Labute approximate surface area is 115 Å². The Morgan fingerprint density at radius 2 is 2.21 bits per heavy atom. The van der Waals surface area contributed by atoms with Gasteiger partial charge in [-0.15, -0.1) is 0 Å². The molecule has 1 aromatic rings. The Hall–Kier alpha value is -1.55. The molecular weight excluding hydrogens is 238 g/mol. The molecule has 1 amide bonds. The Balaban J connectivity index is 1.97. The standard InChI is InChI=1S/C15H23N3O/c1-11-6-5-9-18(10-11)12(2)15(19)17-14-8-4-3-7-13(14)16/h3-4,7-8,11-12H,5-6,9-10,16H2,1-2H3,(H,17,19). The monoisotopic (exact) mass is 261 g/mol. The quantitative estimate of drug-likeness (QED) is 0.821. The lowest BCUT2D eigenvalue weighted by Gasteiger charge is -2.34. The fourth-order valence-electron chi connectivity index (χ4n) is 2.59. The van der Waals surface area contributed by atoms with E-state index in [1.54, 1.807) is 6.07 Å². The number of para-hydroxylation sites is 2. The maximum atomic E-state index is 12.3. The van der Waals surface area contributed by atoms with E-state index in [0.717, 1.165) is 13.1 Å². The van der Waals surface area contributed by atoms with Crippen molar-refractivity contribution in [3.63, 3.8) is 0 Å². The molecule has 2 atom stereocenters. The third-order valence-corrected chi connectivity index (χ3v) is 3.83. The number of piperidine rings is 1. The molecule has 0 spiro atoms. The van der Waals surface area contributed by atoms with Gasteiger partial charge in [-0.1, -0.05) is 19.1 Å². The number of nitrogens with one attached hydrogen (secondary N) is 1. The van der Waals surface area contributed by atoms with Gasteiger partial charge in [-0.2, -0.15) is 0 Å². The highest BCUT2D eigenvalue weighted by molar-refractivity contribution is 5.97. The zero-order valence-electron chi connectivity index (χ0n) is 11.7. The Morgan fingerprint density at radius 1 is 1.47 bits per heavy atom. The number of carbonyl (C=O) groups excluding carboxylic acids is 1. The molecule has 1 aromatic carbocycles.